The minimum absolute atomic E-state index is 0.142. The fourth-order valence-electron chi connectivity index (χ4n) is 2.38. The Balaban J connectivity index is 1.48. The number of anilines is 1. The maximum absolute atomic E-state index is 11.9. The van der Waals surface area contributed by atoms with E-state index < -0.39 is 28.4 Å². The summed E-state index contributed by atoms with van der Waals surface area (Å²) in [5.41, 5.74) is 0.437. The molecule has 9 nitrogen and oxygen atoms in total. The van der Waals surface area contributed by atoms with Gasteiger partial charge >= 0.3 is 6.03 Å². The molecule has 3 rings (SSSR count). The smallest absolute Gasteiger partial charge is 0.325 e. The number of carbonyl (C=O) groups is 2. The second-order valence-corrected chi connectivity index (χ2v) is 7.91. The van der Waals surface area contributed by atoms with Crippen LogP contribution in [0.15, 0.2) is 47.4 Å². The lowest BCUT2D eigenvalue weighted by atomic mass is 10.2. The second-order valence-electron chi connectivity index (χ2n) is 5.89. The number of benzene rings is 2. The maximum Gasteiger partial charge on any atom is 0.325 e. The largest absolute Gasteiger partial charge is 0.486 e. The standard InChI is InChI=1S/C18H18N2O7S/c1-28(23,24)14-5-3-13(4-6-14)27-11-17(21)20-18(22)19-12-2-7-15-16(10-12)26-9-8-25-15/h2-7,10H,8-9,11H2,1H3,(H2,19,20,21,22). The van der Waals surface area contributed by atoms with Gasteiger partial charge in [-0.25, -0.2) is 13.2 Å². The molecule has 1 heterocycles. The number of ether oxygens (including phenoxy) is 3. The number of hydrogen-bond donors (Lipinski definition) is 2. The van der Waals surface area contributed by atoms with Crippen molar-refractivity contribution >= 4 is 27.5 Å². The minimum Gasteiger partial charge on any atom is -0.486 e. The zero-order valence-corrected chi connectivity index (χ0v) is 15.7. The highest BCUT2D eigenvalue weighted by atomic mass is 32.2. The summed E-state index contributed by atoms with van der Waals surface area (Å²) in [6.45, 7) is 0.474. The van der Waals surface area contributed by atoms with E-state index in [-0.39, 0.29) is 4.90 Å². The van der Waals surface area contributed by atoms with Crippen LogP contribution in [0.4, 0.5) is 10.5 Å². The molecule has 2 N–H and O–H groups in total. The average molecular weight is 406 g/mol. The van der Waals surface area contributed by atoms with Gasteiger partial charge in [-0.1, -0.05) is 0 Å². The number of hydrogen-bond acceptors (Lipinski definition) is 7. The van der Waals surface area contributed by atoms with Gasteiger partial charge in [0.15, 0.2) is 27.9 Å². The molecular weight excluding hydrogens is 388 g/mol. The Morgan fingerprint density at radius 2 is 1.71 bits per heavy atom. The fraction of sp³-hybridized carbons (Fsp3) is 0.222. The molecule has 2 aromatic rings. The third-order valence-corrected chi connectivity index (χ3v) is 4.80. The third-order valence-electron chi connectivity index (χ3n) is 3.67. The molecule has 0 aromatic heterocycles. The van der Waals surface area contributed by atoms with E-state index in [9.17, 15) is 18.0 Å². The van der Waals surface area contributed by atoms with Crippen LogP contribution in [0.3, 0.4) is 0 Å². The second kappa shape index (κ2) is 8.17. The first-order valence-electron chi connectivity index (χ1n) is 8.25. The van der Waals surface area contributed by atoms with Crippen molar-refractivity contribution in [2.45, 2.75) is 4.90 Å². The number of urea groups is 1. The molecule has 0 atom stereocenters. The molecule has 0 fully saturated rings. The summed E-state index contributed by atoms with van der Waals surface area (Å²) < 4.78 is 38.8. The van der Waals surface area contributed by atoms with E-state index in [0.29, 0.717) is 36.1 Å². The molecule has 0 saturated heterocycles. The Morgan fingerprint density at radius 3 is 2.39 bits per heavy atom. The summed E-state index contributed by atoms with van der Waals surface area (Å²) in [4.78, 5) is 23.9. The zero-order valence-electron chi connectivity index (χ0n) is 14.9. The monoisotopic (exact) mass is 406 g/mol. The molecule has 0 spiro atoms. The van der Waals surface area contributed by atoms with Crippen molar-refractivity contribution < 1.29 is 32.2 Å². The van der Waals surface area contributed by atoms with Crippen molar-refractivity contribution in [1.82, 2.24) is 5.32 Å². The van der Waals surface area contributed by atoms with Crippen LogP contribution >= 0.6 is 0 Å². The van der Waals surface area contributed by atoms with Crippen molar-refractivity contribution in [3.63, 3.8) is 0 Å². The van der Waals surface area contributed by atoms with Crippen LogP contribution in [0.2, 0.25) is 0 Å². The van der Waals surface area contributed by atoms with Gasteiger partial charge in [0, 0.05) is 18.0 Å². The summed E-state index contributed by atoms with van der Waals surface area (Å²) >= 11 is 0. The Hall–Kier alpha value is -3.27. The van der Waals surface area contributed by atoms with Crippen LogP contribution in [0.1, 0.15) is 0 Å². The molecule has 1 aliphatic rings. The van der Waals surface area contributed by atoms with Crippen molar-refractivity contribution in [2.24, 2.45) is 0 Å². The molecule has 0 radical (unpaired) electrons. The summed E-state index contributed by atoms with van der Waals surface area (Å²) in [5.74, 6) is 0.733. The van der Waals surface area contributed by atoms with Gasteiger partial charge in [-0.05, 0) is 36.4 Å². The van der Waals surface area contributed by atoms with E-state index in [1.54, 1.807) is 18.2 Å². The van der Waals surface area contributed by atoms with Crippen LogP contribution in [0, 0.1) is 0 Å². The molecule has 0 bridgehead atoms. The van der Waals surface area contributed by atoms with Gasteiger partial charge in [0.1, 0.15) is 19.0 Å². The predicted molar refractivity (Wildman–Crippen MR) is 99.6 cm³/mol. The first-order chi connectivity index (χ1) is 13.3. The highest BCUT2D eigenvalue weighted by Crippen LogP contribution is 2.32. The Morgan fingerprint density at radius 1 is 1.04 bits per heavy atom. The van der Waals surface area contributed by atoms with Crippen molar-refractivity contribution in [2.75, 3.05) is 31.4 Å². The molecule has 28 heavy (non-hydrogen) atoms. The van der Waals surface area contributed by atoms with Gasteiger partial charge < -0.3 is 19.5 Å². The Labute approximate surface area is 161 Å². The number of carbonyl (C=O) groups excluding carboxylic acids is 2. The lowest BCUT2D eigenvalue weighted by Gasteiger charge is -2.19. The SMILES string of the molecule is CS(=O)(=O)c1ccc(OCC(=O)NC(=O)Nc2ccc3c(c2)OCCO3)cc1. The van der Waals surface area contributed by atoms with Crippen LogP contribution in [-0.2, 0) is 14.6 Å². The Kier molecular flexibility index (Phi) is 5.69. The fourth-order valence-corrected chi connectivity index (χ4v) is 3.01. The predicted octanol–water partition coefficient (Wildman–Crippen LogP) is 1.59. The molecular formula is C18H18N2O7S. The quantitative estimate of drug-likeness (QED) is 0.774. The van der Waals surface area contributed by atoms with Gasteiger partial charge in [0.25, 0.3) is 5.91 Å². The number of rotatable bonds is 5. The van der Waals surface area contributed by atoms with Crippen LogP contribution in [0.25, 0.3) is 0 Å². The molecule has 1 aliphatic heterocycles. The molecule has 10 heteroatoms. The Bertz CT molecular complexity index is 987. The van der Waals surface area contributed by atoms with E-state index in [2.05, 4.69) is 10.6 Å². The number of amides is 3. The highest BCUT2D eigenvalue weighted by Gasteiger charge is 2.14. The lowest BCUT2D eigenvalue weighted by Crippen LogP contribution is -2.37. The lowest BCUT2D eigenvalue weighted by molar-refractivity contribution is -0.121. The molecule has 0 aliphatic carbocycles. The van der Waals surface area contributed by atoms with Crippen LogP contribution < -0.4 is 24.8 Å². The first kappa shape index (κ1) is 19.5. The van der Waals surface area contributed by atoms with Gasteiger partial charge in [-0.2, -0.15) is 0 Å². The number of nitrogens with one attached hydrogen (secondary N) is 2. The van der Waals surface area contributed by atoms with Crippen LogP contribution in [-0.4, -0.2) is 46.4 Å². The zero-order chi connectivity index (χ0) is 20.1. The molecule has 0 saturated carbocycles. The first-order valence-corrected chi connectivity index (χ1v) is 10.1. The van der Waals surface area contributed by atoms with E-state index >= 15 is 0 Å². The molecule has 148 valence electrons. The summed E-state index contributed by atoms with van der Waals surface area (Å²) in [6.07, 6.45) is 1.09. The summed E-state index contributed by atoms with van der Waals surface area (Å²) in [7, 11) is -3.31. The van der Waals surface area contributed by atoms with Gasteiger partial charge in [-0.15, -0.1) is 0 Å². The summed E-state index contributed by atoms with van der Waals surface area (Å²) in [6, 6.07) is 9.76. The van der Waals surface area contributed by atoms with Gasteiger partial charge in [0.2, 0.25) is 0 Å². The van der Waals surface area contributed by atoms with Crippen LogP contribution in [0.5, 0.6) is 17.2 Å². The van der Waals surface area contributed by atoms with E-state index in [4.69, 9.17) is 14.2 Å². The molecule has 2 aromatic carbocycles. The topological polar surface area (TPSA) is 120 Å². The minimum atomic E-state index is -3.31. The summed E-state index contributed by atoms with van der Waals surface area (Å²) in [5, 5.41) is 4.65. The van der Waals surface area contributed by atoms with Crippen molar-refractivity contribution in [3.8, 4) is 17.2 Å². The normalized spacial score (nSPS) is 12.8. The highest BCUT2D eigenvalue weighted by molar-refractivity contribution is 7.90. The number of imide groups is 1. The number of sulfone groups is 1. The van der Waals surface area contributed by atoms with E-state index in [1.807, 2.05) is 0 Å². The molecule has 3 amide bonds. The van der Waals surface area contributed by atoms with E-state index in [0.717, 1.165) is 6.26 Å². The maximum atomic E-state index is 11.9. The van der Waals surface area contributed by atoms with E-state index in [1.165, 1.54) is 24.3 Å². The number of fused-ring (bicyclic) bond motifs is 1. The van der Waals surface area contributed by atoms with Crippen molar-refractivity contribution in [3.05, 3.63) is 42.5 Å². The van der Waals surface area contributed by atoms with Crippen molar-refractivity contribution in [1.29, 1.82) is 0 Å². The molecule has 0 unspecified atom stereocenters. The van der Waals surface area contributed by atoms with Gasteiger partial charge in [0.05, 0.1) is 4.90 Å². The average Bonchev–Trinajstić information content (AvgIpc) is 2.66. The third kappa shape index (κ3) is 5.13. The van der Waals surface area contributed by atoms with Gasteiger partial charge in [-0.3, -0.25) is 10.1 Å².